The molecule has 0 aliphatic rings. The van der Waals surface area contributed by atoms with Gasteiger partial charge in [-0.15, -0.1) is 0 Å². The van der Waals surface area contributed by atoms with Gasteiger partial charge in [0, 0.05) is 6.42 Å². The molecule has 2 aromatic rings. The Kier molecular flexibility index (Phi) is 5.97. The van der Waals surface area contributed by atoms with Gasteiger partial charge in [0.2, 0.25) is 5.91 Å². The Bertz CT molecular complexity index is 658. The SMILES string of the molecule is CC[C@@H](NC(=O)CCc1ccc(C)cc1)c1ccc(C)cc1C. The molecule has 1 N–H and O–H groups in total. The van der Waals surface area contributed by atoms with Crippen LogP contribution in [0.4, 0.5) is 0 Å². The van der Waals surface area contributed by atoms with Crippen LogP contribution in [-0.2, 0) is 11.2 Å². The highest BCUT2D eigenvalue weighted by atomic mass is 16.1. The molecule has 122 valence electrons. The molecule has 0 heterocycles. The van der Waals surface area contributed by atoms with Crippen LogP contribution in [0.3, 0.4) is 0 Å². The van der Waals surface area contributed by atoms with Crippen LogP contribution in [0, 0.1) is 20.8 Å². The topological polar surface area (TPSA) is 29.1 Å². The summed E-state index contributed by atoms with van der Waals surface area (Å²) in [6.07, 6.45) is 2.22. The molecule has 0 aromatic heterocycles. The third-order valence-electron chi connectivity index (χ3n) is 4.31. The number of hydrogen-bond donors (Lipinski definition) is 1. The van der Waals surface area contributed by atoms with Gasteiger partial charge in [-0.2, -0.15) is 0 Å². The second-order valence-corrected chi connectivity index (χ2v) is 6.37. The number of nitrogens with one attached hydrogen (secondary N) is 1. The Hall–Kier alpha value is -2.09. The first-order chi connectivity index (χ1) is 11.0. The van der Waals surface area contributed by atoms with E-state index in [1.807, 2.05) is 0 Å². The van der Waals surface area contributed by atoms with Crippen molar-refractivity contribution in [3.05, 3.63) is 70.3 Å². The first kappa shape index (κ1) is 17.3. The summed E-state index contributed by atoms with van der Waals surface area (Å²) in [6.45, 7) is 8.40. The maximum atomic E-state index is 12.3. The highest BCUT2D eigenvalue weighted by Gasteiger charge is 2.14. The zero-order valence-corrected chi connectivity index (χ0v) is 14.6. The molecule has 0 spiro atoms. The van der Waals surface area contributed by atoms with Gasteiger partial charge in [0.25, 0.3) is 0 Å². The second-order valence-electron chi connectivity index (χ2n) is 6.37. The molecule has 0 unspecified atom stereocenters. The van der Waals surface area contributed by atoms with Crippen molar-refractivity contribution in [2.75, 3.05) is 0 Å². The fraction of sp³-hybridized carbons (Fsp3) is 0.381. The van der Waals surface area contributed by atoms with Crippen molar-refractivity contribution in [1.82, 2.24) is 5.32 Å². The first-order valence-electron chi connectivity index (χ1n) is 8.41. The predicted molar refractivity (Wildman–Crippen MR) is 96.6 cm³/mol. The van der Waals surface area contributed by atoms with Gasteiger partial charge in [-0.25, -0.2) is 0 Å². The van der Waals surface area contributed by atoms with Crippen LogP contribution in [0.15, 0.2) is 42.5 Å². The molecule has 2 rings (SSSR count). The van der Waals surface area contributed by atoms with Gasteiger partial charge in [-0.1, -0.05) is 60.5 Å². The predicted octanol–water partition coefficient (Wildman–Crippen LogP) is 4.81. The van der Waals surface area contributed by atoms with E-state index in [-0.39, 0.29) is 11.9 Å². The van der Waals surface area contributed by atoms with E-state index in [1.165, 1.54) is 27.8 Å². The molecule has 0 saturated heterocycles. The molecule has 2 heteroatoms. The average molecular weight is 309 g/mol. The van der Waals surface area contributed by atoms with Gasteiger partial charge in [-0.3, -0.25) is 4.79 Å². The smallest absolute Gasteiger partial charge is 0.220 e. The quantitative estimate of drug-likeness (QED) is 0.815. The summed E-state index contributed by atoms with van der Waals surface area (Å²) < 4.78 is 0. The number of benzene rings is 2. The van der Waals surface area contributed by atoms with E-state index in [0.29, 0.717) is 6.42 Å². The van der Waals surface area contributed by atoms with E-state index in [9.17, 15) is 4.79 Å². The third-order valence-corrected chi connectivity index (χ3v) is 4.31. The lowest BCUT2D eigenvalue weighted by Gasteiger charge is -2.20. The van der Waals surface area contributed by atoms with E-state index in [2.05, 4.69) is 75.5 Å². The minimum Gasteiger partial charge on any atom is -0.349 e. The molecule has 0 radical (unpaired) electrons. The molecular weight excluding hydrogens is 282 g/mol. The lowest BCUT2D eigenvalue weighted by Crippen LogP contribution is -2.28. The largest absolute Gasteiger partial charge is 0.349 e. The van der Waals surface area contributed by atoms with Gasteiger partial charge in [0.05, 0.1) is 6.04 Å². The van der Waals surface area contributed by atoms with Crippen LogP contribution in [0.1, 0.15) is 53.6 Å². The molecule has 0 bridgehead atoms. The molecule has 0 fully saturated rings. The third kappa shape index (κ3) is 4.95. The number of carbonyl (C=O) groups excluding carboxylic acids is 1. The number of aryl methyl sites for hydroxylation is 4. The van der Waals surface area contributed by atoms with Gasteiger partial charge in [0.1, 0.15) is 0 Å². The molecule has 0 saturated carbocycles. The van der Waals surface area contributed by atoms with Crippen LogP contribution < -0.4 is 5.32 Å². The second kappa shape index (κ2) is 7.96. The summed E-state index contributed by atoms with van der Waals surface area (Å²) in [7, 11) is 0. The highest BCUT2D eigenvalue weighted by molar-refractivity contribution is 5.76. The van der Waals surface area contributed by atoms with Crippen LogP contribution in [0.2, 0.25) is 0 Å². The van der Waals surface area contributed by atoms with Gasteiger partial charge in [0.15, 0.2) is 0 Å². The van der Waals surface area contributed by atoms with Crippen molar-refractivity contribution in [2.45, 2.75) is 53.0 Å². The first-order valence-corrected chi connectivity index (χ1v) is 8.41. The molecule has 23 heavy (non-hydrogen) atoms. The Morgan fingerprint density at radius 3 is 2.26 bits per heavy atom. The summed E-state index contributed by atoms with van der Waals surface area (Å²) in [6, 6.07) is 14.9. The van der Waals surface area contributed by atoms with E-state index in [1.54, 1.807) is 0 Å². The van der Waals surface area contributed by atoms with Gasteiger partial charge < -0.3 is 5.32 Å². The maximum Gasteiger partial charge on any atom is 0.220 e. The maximum absolute atomic E-state index is 12.3. The number of carbonyl (C=O) groups is 1. The monoisotopic (exact) mass is 309 g/mol. The number of hydrogen-bond acceptors (Lipinski definition) is 1. The van der Waals surface area contributed by atoms with Crippen molar-refractivity contribution in [3.63, 3.8) is 0 Å². The fourth-order valence-electron chi connectivity index (χ4n) is 2.90. The summed E-state index contributed by atoms with van der Waals surface area (Å²) in [5, 5.41) is 3.19. The summed E-state index contributed by atoms with van der Waals surface area (Å²) >= 11 is 0. The van der Waals surface area contributed by atoms with Crippen molar-refractivity contribution in [1.29, 1.82) is 0 Å². The summed E-state index contributed by atoms with van der Waals surface area (Å²) in [5.41, 5.74) is 6.19. The minimum atomic E-state index is 0.0983. The Morgan fingerprint density at radius 1 is 1.00 bits per heavy atom. The van der Waals surface area contributed by atoms with Crippen molar-refractivity contribution >= 4 is 5.91 Å². The number of amides is 1. The van der Waals surface area contributed by atoms with Crippen LogP contribution in [0.25, 0.3) is 0 Å². The average Bonchev–Trinajstić information content (AvgIpc) is 2.52. The van der Waals surface area contributed by atoms with Gasteiger partial charge in [-0.05, 0) is 50.3 Å². The van der Waals surface area contributed by atoms with Crippen LogP contribution in [-0.4, -0.2) is 5.91 Å². The van der Waals surface area contributed by atoms with E-state index < -0.39 is 0 Å². The molecule has 0 aliphatic carbocycles. The van der Waals surface area contributed by atoms with Crippen molar-refractivity contribution < 1.29 is 4.79 Å². The molecular formula is C21H27NO. The van der Waals surface area contributed by atoms with E-state index in [0.717, 1.165) is 12.8 Å². The zero-order valence-electron chi connectivity index (χ0n) is 14.6. The summed E-state index contributed by atoms with van der Waals surface area (Å²) in [5.74, 6) is 0.123. The van der Waals surface area contributed by atoms with E-state index >= 15 is 0 Å². The van der Waals surface area contributed by atoms with Gasteiger partial charge >= 0.3 is 0 Å². The molecule has 1 atom stereocenters. The van der Waals surface area contributed by atoms with Crippen LogP contribution >= 0.6 is 0 Å². The lowest BCUT2D eigenvalue weighted by molar-refractivity contribution is -0.121. The highest BCUT2D eigenvalue weighted by Crippen LogP contribution is 2.22. The fourth-order valence-corrected chi connectivity index (χ4v) is 2.90. The van der Waals surface area contributed by atoms with Crippen LogP contribution in [0.5, 0.6) is 0 Å². The summed E-state index contributed by atoms with van der Waals surface area (Å²) in [4.78, 5) is 12.3. The Labute approximate surface area is 139 Å². The minimum absolute atomic E-state index is 0.0983. The lowest BCUT2D eigenvalue weighted by atomic mass is 9.97. The number of rotatable bonds is 6. The normalized spacial score (nSPS) is 12.0. The molecule has 1 amide bonds. The standard InChI is InChI=1S/C21H27NO/c1-5-20(19-12-8-16(3)14-17(19)4)22-21(23)13-11-18-9-6-15(2)7-10-18/h6-10,12,14,20H,5,11,13H2,1-4H3,(H,22,23)/t20-/m1/s1. The zero-order chi connectivity index (χ0) is 16.8. The molecule has 2 aromatic carbocycles. The Balaban J connectivity index is 1.95. The Morgan fingerprint density at radius 2 is 1.65 bits per heavy atom. The van der Waals surface area contributed by atoms with Crippen molar-refractivity contribution in [2.24, 2.45) is 0 Å². The molecule has 2 nitrogen and oxygen atoms in total. The molecule has 0 aliphatic heterocycles. The van der Waals surface area contributed by atoms with Crippen molar-refractivity contribution in [3.8, 4) is 0 Å². The van der Waals surface area contributed by atoms with E-state index in [4.69, 9.17) is 0 Å².